The van der Waals surface area contributed by atoms with Crippen LogP contribution in [-0.2, 0) is 16.6 Å². The molecule has 3 nitrogen and oxygen atoms in total. The molecular formula is C20H21FN2O. The van der Waals surface area contributed by atoms with Crippen LogP contribution in [0.5, 0.6) is 0 Å². The minimum atomic E-state index is -0.747. The molecule has 0 spiro atoms. The van der Waals surface area contributed by atoms with E-state index in [1.807, 2.05) is 44.2 Å². The highest BCUT2D eigenvalue weighted by Crippen LogP contribution is 2.31. The standard InChI is InChI=1S/C20H21FN2O/c1-20(2,17-13-23-18-9-8-15(21)12-16(17)18)19(24)22-11-10-14-6-4-3-5-7-14/h3-9,12-13,23H,10-11H2,1-2H3,(H,22,24). The fraction of sp³-hybridized carbons (Fsp3) is 0.250. The van der Waals surface area contributed by atoms with Gasteiger partial charge in [0.1, 0.15) is 5.82 Å². The highest BCUT2D eigenvalue weighted by molar-refractivity contribution is 5.94. The average molecular weight is 324 g/mol. The zero-order valence-corrected chi connectivity index (χ0v) is 13.9. The predicted octanol–water partition coefficient (Wildman–Crippen LogP) is 3.94. The molecule has 0 aliphatic rings. The maximum atomic E-state index is 13.6. The molecule has 0 radical (unpaired) electrons. The summed E-state index contributed by atoms with van der Waals surface area (Å²) in [4.78, 5) is 15.8. The van der Waals surface area contributed by atoms with Crippen LogP contribution in [0, 0.1) is 5.82 Å². The Hall–Kier alpha value is -2.62. The fourth-order valence-corrected chi connectivity index (χ4v) is 2.92. The monoisotopic (exact) mass is 324 g/mol. The molecule has 2 aromatic carbocycles. The van der Waals surface area contributed by atoms with Crippen LogP contribution < -0.4 is 5.32 Å². The third kappa shape index (κ3) is 3.18. The van der Waals surface area contributed by atoms with Crippen molar-refractivity contribution in [1.29, 1.82) is 0 Å². The first-order valence-corrected chi connectivity index (χ1v) is 8.08. The molecule has 0 unspecified atom stereocenters. The van der Waals surface area contributed by atoms with Gasteiger partial charge < -0.3 is 10.3 Å². The molecule has 2 N–H and O–H groups in total. The number of carbonyl (C=O) groups is 1. The fourth-order valence-electron chi connectivity index (χ4n) is 2.92. The number of hydrogen-bond donors (Lipinski definition) is 2. The zero-order chi connectivity index (χ0) is 17.2. The van der Waals surface area contributed by atoms with Gasteiger partial charge in [0.05, 0.1) is 5.41 Å². The van der Waals surface area contributed by atoms with E-state index in [-0.39, 0.29) is 11.7 Å². The molecule has 0 atom stereocenters. The van der Waals surface area contributed by atoms with Crippen molar-refractivity contribution in [2.75, 3.05) is 6.54 Å². The third-order valence-electron chi connectivity index (χ3n) is 4.43. The SMILES string of the molecule is CC(C)(C(=O)NCCc1ccccc1)c1c[nH]c2ccc(F)cc12. The lowest BCUT2D eigenvalue weighted by Crippen LogP contribution is -2.40. The van der Waals surface area contributed by atoms with Gasteiger partial charge in [0.15, 0.2) is 0 Å². The maximum Gasteiger partial charge on any atom is 0.230 e. The molecule has 0 bridgehead atoms. The topological polar surface area (TPSA) is 44.9 Å². The van der Waals surface area contributed by atoms with E-state index in [9.17, 15) is 9.18 Å². The van der Waals surface area contributed by atoms with Crippen LogP contribution in [0.4, 0.5) is 4.39 Å². The molecule has 3 aromatic rings. The Morgan fingerprint density at radius 3 is 2.67 bits per heavy atom. The molecule has 4 heteroatoms. The molecule has 1 heterocycles. The number of hydrogen-bond acceptors (Lipinski definition) is 1. The van der Waals surface area contributed by atoms with Crippen LogP contribution in [0.2, 0.25) is 0 Å². The predicted molar refractivity (Wildman–Crippen MR) is 94.4 cm³/mol. The number of H-pyrrole nitrogens is 1. The number of aromatic amines is 1. The lowest BCUT2D eigenvalue weighted by molar-refractivity contribution is -0.125. The van der Waals surface area contributed by atoms with Crippen molar-refractivity contribution in [2.45, 2.75) is 25.7 Å². The zero-order valence-electron chi connectivity index (χ0n) is 13.9. The van der Waals surface area contributed by atoms with E-state index < -0.39 is 5.41 Å². The quantitative estimate of drug-likeness (QED) is 0.733. The minimum absolute atomic E-state index is 0.0661. The average Bonchev–Trinajstić information content (AvgIpc) is 2.99. The van der Waals surface area contributed by atoms with Gasteiger partial charge >= 0.3 is 0 Å². The van der Waals surface area contributed by atoms with Gasteiger partial charge in [-0.2, -0.15) is 0 Å². The second-order valence-corrected chi connectivity index (χ2v) is 6.51. The molecule has 3 rings (SSSR count). The highest BCUT2D eigenvalue weighted by atomic mass is 19.1. The normalized spacial score (nSPS) is 11.6. The molecule has 124 valence electrons. The van der Waals surface area contributed by atoms with Crippen LogP contribution in [0.15, 0.2) is 54.7 Å². The second kappa shape index (κ2) is 6.48. The van der Waals surface area contributed by atoms with E-state index in [2.05, 4.69) is 10.3 Å². The lowest BCUT2D eigenvalue weighted by Gasteiger charge is -2.23. The second-order valence-electron chi connectivity index (χ2n) is 6.51. The van der Waals surface area contributed by atoms with Crippen molar-refractivity contribution < 1.29 is 9.18 Å². The van der Waals surface area contributed by atoms with Crippen LogP contribution in [0.1, 0.15) is 25.0 Å². The summed E-state index contributed by atoms with van der Waals surface area (Å²) < 4.78 is 13.6. The van der Waals surface area contributed by atoms with E-state index >= 15 is 0 Å². The first-order valence-electron chi connectivity index (χ1n) is 8.08. The number of fused-ring (bicyclic) bond motifs is 1. The van der Waals surface area contributed by atoms with Crippen molar-refractivity contribution in [3.8, 4) is 0 Å². The molecule has 0 fully saturated rings. The molecule has 1 amide bonds. The van der Waals surface area contributed by atoms with Crippen LogP contribution >= 0.6 is 0 Å². The molecular weight excluding hydrogens is 303 g/mol. The van der Waals surface area contributed by atoms with Gasteiger partial charge in [-0.05, 0) is 49.6 Å². The Morgan fingerprint density at radius 2 is 1.92 bits per heavy atom. The Morgan fingerprint density at radius 1 is 1.17 bits per heavy atom. The summed E-state index contributed by atoms with van der Waals surface area (Å²) in [5.74, 6) is -0.368. The van der Waals surface area contributed by atoms with Crippen molar-refractivity contribution >= 4 is 16.8 Å². The number of rotatable bonds is 5. The van der Waals surface area contributed by atoms with Gasteiger partial charge in [-0.15, -0.1) is 0 Å². The van der Waals surface area contributed by atoms with E-state index in [4.69, 9.17) is 0 Å². The van der Waals surface area contributed by atoms with Crippen molar-refractivity contribution in [2.24, 2.45) is 0 Å². The first kappa shape index (κ1) is 16.2. The molecule has 0 aliphatic heterocycles. The van der Waals surface area contributed by atoms with E-state index in [1.165, 1.54) is 17.7 Å². The molecule has 1 aromatic heterocycles. The Kier molecular flexibility index (Phi) is 4.38. The lowest BCUT2D eigenvalue weighted by atomic mass is 9.83. The number of amides is 1. The summed E-state index contributed by atoms with van der Waals surface area (Å²) in [7, 11) is 0. The van der Waals surface area contributed by atoms with Crippen LogP contribution in [0.25, 0.3) is 10.9 Å². The van der Waals surface area contributed by atoms with Gasteiger partial charge in [0, 0.05) is 23.6 Å². The van der Waals surface area contributed by atoms with Gasteiger partial charge in [-0.1, -0.05) is 30.3 Å². The molecule has 0 saturated carbocycles. The summed E-state index contributed by atoms with van der Waals surface area (Å²) in [5.41, 5.74) is 2.07. The first-order chi connectivity index (χ1) is 11.5. The number of nitrogens with one attached hydrogen (secondary N) is 2. The molecule has 24 heavy (non-hydrogen) atoms. The van der Waals surface area contributed by atoms with E-state index in [0.717, 1.165) is 22.9 Å². The van der Waals surface area contributed by atoms with E-state index in [0.29, 0.717) is 6.54 Å². The van der Waals surface area contributed by atoms with Gasteiger partial charge in [0.25, 0.3) is 0 Å². The van der Waals surface area contributed by atoms with Crippen LogP contribution in [-0.4, -0.2) is 17.4 Å². The van der Waals surface area contributed by atoms with E-state index in [1.54, 1.807) is 12.3 Å². The summed E-state index contributed by atoms with van der Waals surface area (Å²) in [6.45, 7) is 4.29. The van der Waals surface area contributed by atoms with Crippen molar-refractivity contribution in [3.05, 3.63) is 71.7 Å². The summed E-state index contributed by atoms with van der Waals surface area (Å²) in [5, 5.41) is 3.74. The number of halogens is 1. The summed E-state index contributed by atoms with van der Waals surface area (Å²) in [6, 6.07) is 14.6. The van der Waals surface area contributed by atoms with Crippen LogP contribution in [0.3, 0.4) is 0 Å². The third-order valence-corrected chi connectivity index (χ3v) is 4.43. The number of carbonyl (C=O) groups excluding carboxylic acids is 1. The largest absolute Gasteiger partial charge is 0.361 e. The van der Waals surface area contributed by atoms with Gasteiger partial charge in [-0.3, -0.25) is 4.79 Å². The Bertz CT molecular complexity index is 852. The van der Waals surface area contributed by atoms with Gasteiger partial charge in [-0.25, -0.2) is 4.39 Å². The molecule has 0 aliphatic carbocycles. The van der Waals surface area contributed by atoms with Crippen molar-refractivity contribution in [3.63, 3.8) is 0 Å². The van der Waals surface area contributed by atoms with Crippen molar-refractivity contribution in [1.82, 2.24) is 10.3 Å². The highest BCUT2D eigenvalue weighted by Gasteiger charge is 2.32. The number of benzene rings is 2. The molecule has 0 saturated heterocycles. The summed E-state index contributed by atoms with van der Waals surface area (Å²) in [6.07, 6.45) is 2.58. The minimum Gasteiger partial charge on any atom is -0.361 e. The number of aromatic nitrogens is 1. The Labute approximate surface area is 140 Å². The smallest absolute Gasteiger partial charge is 0.230 e. The maximum absolute atomic E-state index is 13.6. The summed E-state index contributed by atoms with van der Waals surface area (Å²) >= 11 is 0. The van der Waals surface area contributed by atoms with Gasteiger partial charge in [0.2, 0.25) is 5.91 Å². The Balaban J connectivity index is 1.73.